The van der Waals surface area contributed by atoms with Crippen LogP contribution in [0.5, 0.6) is 0 Å². The second-order valence-corrected chi connectivity index (χ2v) is 4.65. The Bertz CT molecular complexity index is 945. The van der Waals surface area contributed by atoms with Crippen molar-refractivity contribution >= 4 is 22.8 Å². The molecule has 0 spiro atoms. The van der Waals surface area contributed by atoms with E-state index >= 15 is 0 Å². The van der Waals surface area contributed by atoms with Gasteiger partial charge in [-0.05, 0) is 18.2 Å². The van der Waals surface area contributed by atoms with Crippen molar-refractivity contribution in [2.75, 3.05) is 0 Å². The number of carboxylic acid groups (broad SMARTS) is 1. The number of hydrogen-bond donors (Lipinski definition) is 2. The molecule has 0 amide bonds. The zero-order valence-corrected chi connectivity index (χ0v) is 11.2. The molecular formula is C16H10N2O4. The van der Waals surface area contributed by atoms with Gasteiger partial charge in [0.2, 0.25) is 5.78 Å². The molecular weight excluding hydrogens is 284 g/mol. The van der Waals surface area contributed by atoms with Crippen molar-refractivity contribution in [3.63, 3.8) is 0 Å². The van der Waals surface area contributed by atoms with E-state index in [1.807, 2.05) is 0 Å². The average Bonchev–Trinajstić information content (AvgIpc) is 2.54. The minimum Gasteiger partial charge on any atom is -0.478 e. The molecule has 0 radical (unpaired) electrons. The molecule has 22 heavy (non-hydrogen) atoms. The van der Waals surface area contributed by atoms with Crippen molar-refractivity contribution in [1.29, 1.82) is 0 Å². The number of carboxylic acids is 1. The van der Waals surface area contributed by atoms with E-state index in [-0.39, 0.29) is 16.8 Å². The van der Waals surface area contributed by atoms with Gasteiger partial charge in [-0.2, -0.15) is 0 Å². The van der Waals surface area contributed by atoms with Crippen LogP contribution in [0.25, 0.3) is 11.0 Å². The van der Waals surface area contributed by atoms with E-state index in [1.54, 1.807) is 30.3 Å². The van der Waals surface area contributed by atoms with Crippen LogP contribution in [-0.4, -0.2) is 26.8 Å². The minimum absolute atomic E-state index is 0.0326. The number of fused-ring (bicyclic) bond motifs is 1. The summed E-state index contributed by atoms with van der Waals surface area (Å²) in [5.41, 5.74) is 0.128. The molecule has 0 aliphatic rings. The Kier molecular flexibility index (Phi) is 3.27. The topological polar surface area (TPSA) is 100 Å². The smallest absolute Gasteiger partial charge is 0.335 e. The van der Waals surface area contributed by atoms with Crippen molar-refractivity contribution in [3.8, 4) is 0 Å². The van der Waals surface area contributed by atoms with E-state index in [0.717, 1.165) is 0 Å². The lowest BCUT2D eigenvalue weighted by atomic mass is 10.1. The highest BCUT2D eigenvalue weighted by Crippen LogP contribution is 2.12. The molecule has 0 unspecified atom stereocenters. The molecule has 1 heterocycles. The van der Waals surface area contributed by atoms with Gasteiger partial charge in [-0.3, -0.25) is 9.59 Å². The first kappa shape index (κ1) is 13.7. The van der Waals surface area contributed by atoms with Crippen molar-refractivity contribution in [3.05, 3.63) is 75.7 Å². The van der Waals surface area contributed by atoms with Crippen LogP contribution in [0.4, 0.5) is 0 Å². The van der Waals surface area contributed by atoms with Gasteiger partial charge in [-0.15, -0.1) is 0 Å². The molecule has 6 heteroatoms. The van der Waals surface area contributed by atoms with E-state index in [4.69, 9.17) is 5.11 Å². The van der Waals surface area contributed by atoms with Crippen molar-refractivity contribution in [2.45, 2.75) is 0 Å². The summed E-state index contributed by atoms with van der Waals surface area (Å²) < 4.78 is 0. The number of carbonyl (C=O) groups excluding carboxylic acids is 1. The fourth-order valence-corrected chi connectivity index (χ4v) is 2.10. The van der Waals surface area contributed by atoms with Crippen LogP contribution in [0.3, 0.4) is 0 Å². The molecule has 1 aromatic heterocycles. The van der Waals surface area contributed by atoms with E-state index in [0.29, 0.717) is 11.1 Å². The first-order chi connectivity index (χ1) is 10.6. The monoisotopic (exact) mass is 294 g/mol. The number of aromatic nitrogens is 2. The molecule has 3 rings (SSSR count). The molecule has 0 aliphatic carbocycles. The second kappa shape index (κ2) is 5.25. The summed E-state index contributed by atoms with van der Waals surface area (Å²) in [4.78, 5) is 41.9. The summed E-state index contributed by atoms with van der Waals surface area (Å²) in [5.74, 6) is -1.62. The molecule has 6 nitrogen and oxygen atoms in total. The third kappa shape index (κ3) is 2.37. The number of aromatic amines is 1. The predicted octanol–water partition coefficient (Wildman–Crippen LogP) is 1.85. The number of carbonyl (C=O) groups is 2. The SMILES string of the molecule is O=C(O)c1ccc2[nH]c(=O)c(C(=O)c3ccccc3)nc2c1. The highest BCUT2D eigenvalue weighted by atomic mass is 16.4. The van der Waals surface area contributed by atoms with E-state index in [2.05, 4.69) is 9.97 Å². The Morgan fingerprint density at radius 1 is 1.00 bits per heavy atom. The maximum absolute atomic E-state index is 12.3. The highest BCUT2D eigenvalue weighted by Gasteiger charge is 2.16. The number of ketones is 1. The number of rotatable bonds is 3. The third-order valence-corrected chi connectivity index (χ3v) is 3.19. The molecule has 3 aromatic rings. The zero-order valence-electron chi connectivity index (χ0n) is 11.2. The Morgan fingerprint density at radius 2 is 1.73 bits per heavy atom. The Morgan fingerprint density at radius 3 is 2.41 bits per heavy atom. The van der Waals surface area contributed by atoms with Crippen LogP contribution in [-0.2, 0) is 0 Å². The number of H-pyrrole nitrogens is 1. The molecule has 2 aromatic carbocycles. The van der Waals surface area contributed by atoms with Crippen molar-refractivity contribution in [1.82, 2.24) is 9.97 Å². The Hall–Kier alpha value is -3.28. The number of nitrogens with one attached hydrogen (secondary N) is 1. The molecule has 2 N–H and O–H groups in total. The van der Waals surface area contributed by atoms with Crippen molar-refractivity contribution < 1.29 is 14.7 Å². The first-order valence-electron chi connectivity index (χ1n) is 6.43. The summed E-state index contributed by atoms with van der Waals surface area (Å²) in [6, 6.07) is 12.4. The lowest BCUT2D eigenvalue weighted by Crippen LogP contribution is -2.21. The van der Waals surface area contributed by atoms with Gasteiger partial charge in [-0.1, -0.05) is 30.3 Å². The third-order valence-electron chi connectivity index (χ3n) is 3.19. The largest absolute Gasteiger partial charge is 0.478 e. The molecule has 0 fully saturated rings. The normalized spacial score (nSPS) is 10.5. The fourth-order valence-electron chi connectivity index (χ4n) is 2.10. The predicted molar refractivity (Wildman–Crippen MR) is 79.2 cm³/mol. The molecule has 0 saturated carbocycles. The lowest BCUT2D eigenvalue weighted by molar-refractivity contribution is 0.0697. The van der Waals surface area contributed by atoms with Gasteiger partial charge in [0.25, 0.3) is 5.56 Å². The average molecular weight is 294 g/mol. The van der Waals surface area contributed by atoms with Gasteiger partial charge in [0.05, 0.1) is 16.6 Å². The van der Waals surface area contributed by atoms with Crippen LogP contribution in [0.2, 0.25) is 0 Å². The summed E-state index contributed by atoms with van der Waals surface area (Å²) in [5, 5.41) is 8.99. The molecule has 0 bridgehead atoms. The van der Waals surface area contributed by atoms with Gasteiger partial charge < -0.3 is 10.1 Å². The second-order valence-electron chi connectivity index (χ2n) is 4.65. The van der Waals surface area contributed by atoms with E-state index in [9.17, 15) is 14.4 Å². The fraction of sp³-hybridized carbons (Fsp3) is 0. The summed E-state index contributed by atoms with van der Waals surface area (Å²) in [6.07, 6.45) is 0. The van der Waals surface area contributed by atoms with Crippen LogP contribution >= 0.6 is 0 Å². The van der Waals surface area contributed by atoms with Crippen LogP contribution in [0.15, 0.2) is 53.3 Å². The first-order valence-corrected chi connectivity index (χ1v) is 6.43. The standard InChI is InChI=1S/C16H10N2O4/c19-14(9-4-2-1-3-5-9)13-15(20)18-11-7-6-10(16(21)22)8-12(11)17-13/h1-8H,(H,18,20)(H,21,22). The molecule has 0 saturated heterocycles. The van der Waals surface area contributed by atoms with Gasteiger partial charge >= 0.3 is 5.97 Å². The van der Waals surface area contributed by atoms with Gasteiger partial charge in [0.1, 0.15) is 0 Å². The van der Waals surface area contributed by atoms with Gasteiger partial charge in [-0.25, -0.2) is 9.78 Å². The number of hydrogen-bond acceptors (Lipinski definition) is 4. The quantitative estimate of drug-likeness (QED) is 0.718. The Labute approximate surface area is 124 Å². The van der Waals surface area contributed by atoms with Gasteiger partial charge in [0.15, 0.2) is 5.69 Å². The molecule has 0 atom stereocenters. The lowest BCUT2D eigenvalue weighted by Gasteiger charge is -2.03. The number of benzene rings is 2. The van der Waals surface area contributed by atoms with Crippen LogP contribution in [0.1, 0.15) is 26.4 Å². The maximum Gasteiger partial charge on any atom is 0.335 e. The van der Waals surface area contributed by atoms with E-state index in [1.165, 1.54) is 18.2 Å². The van der Waals surface area contributed by atoms with E-state index < -0.39 is 17.3 Å². The molecule has 0 aliphatic heterocycles. The van der Waals surface area contributed by atoms with Gasteiger partial charge in [0, 0.05) is 5.56 Å². The molecule has 108 valence electrons. The summed E-state index contributed by atoms with van der Waals surface area (Å²) >= 11 is 0. The summed E-state index contributed by atoms with van der Waals surface area (Å²) in [7, 11) is 0. The summed E-state index contributed by atoms with van der Waals surface area (Å²) in [6.45, 7) is 0. The highest BCUT2D eigenvalue weighted by molar-refractivity contribution is 6.08. The number of aromatic carboxylic acids is 1. The Balaban J connectivity index is 2.17. The zero-order chi connectivity index (χ0) is 15.7. The van der Waals surface area contributed by atoms with Crippen molar-refractivity contribution in [2.24, 2.45) is 0 Å². The van der Waals surface area contributed by atoms with Crippen LogP contribution in [0, 0.1) is 0 Å². The minimum atomic E-state index is -1.11. The van der Waals surface area contributed by atoms with Crippen LogP contribution < -0.4 is 5.56 Å². The maximum atomic E-state index is 12.3. The number of nitrogens with zero attached hydrogens (tertiary/aromatic N) is 1.